The highest BCUT2D eigenvalue weighted by Gasteiger charge is 2.14. The number of hydrogen-bond acceptors (Lipinski definition) is 4. The lowest BCUT2D eigenvalue weighted by molar-refractivity contribution is -0.117. The molecule has 0 fully saturated rings. The highest BCUT2D eigenvalue weighted by atomic mass is 32.2. The van der Waals surface area contributed by atoms with Gasteiger partial charge in [-0.15, -0.1) is 0 Å². The van der Waals surface area contributed by atoms with Crippen LogP contribution in [0.3, 0.4) is 0 Å². The standard InChI is InChI=1S/C9H11NO4S/c1-7(11)10-15(12,13)9-5-3-8(14-2)4-6-9/h3-6H,1-2H3,(H,10,11). The molecule has 5 nitrogen and oxygen atoms in total. The molecule has 1 aromatic rings. The maximum Gasteiger partial charge on any atom is 0.264 e. The van der Waals surface area contributed by atoms with Crippen molar-refractivity contribution in [2.75, 3.05) is 7.11 Å². The van der Waals surface area contributed by atoms with E-state index in [0.717, 1.165) is 6.92 Å². The predicted molar refractivity (Wildman–Crippen MR) is 54.0 cm³/mol. The van der Waals surface area contributed by atoms with Crippen molar-refractivity contribution in [1.29, 1.82) is 0 Å². The Morgan fingerprint density at radius 3 is 2.20 bits per heavy atom. The zero-order chi connectivity index (χ0) is 11.5. The Morgan fingerprint density at radius 2 is 1.80 bits per heavy atom. The minimum Gasteiger partial charge on any atom is -0.497 e. The van der Waals surface area contributed by atoms with E-state index in [1.807, 2.05) is 4.72 Å². The summed E-state index contributed by atoms with van der Waals surface area (Å²) in [5, 5.41) is 0. The van der Waals surface area contributed by atoms with Crippen LogP contribution in [0.15, 0.2) is 29.2 Å². The van der Waals surface area contributed by atoms with Gasteiger partial charge in [-0.05, 0) is 24.3 Å². The lowest BCUT2D eigenvalue weighted by Crippen LogP contribution is -2.28. The molecule has 1 amide bonds. The SMILES string of the molecule is COc1ccc(S(=O)(=O)NC(C)=O)cc1. The molecule has 0 aromatic heterocycles. The molecular weight excluding hydrogens is 218 g/mol. The van der Waals surface area contributed by atoms with Crippen LogP contribution >= 0.6 is 0 Å². The number of rotatable bonds is 3. The number of benzene rings is 1. The van der Waals surface area contributed by atoms with Crippen LogP contribution in [0.2, 0.25) is 0 Å². The monoisotopic (exact) mass is 229 g/mol. The molecule has 15 heavy (non-hydrogen) atoms. The van der Waals surface area contributed by atoms with Crippen LogP contribution in [-0.2, 0) is 14.8 Å². The number of sulfonamides is 1. The third-order valence-electron chi connectivity index (χ3n) is 1.65. The van der Waals surface area contributed by atoms with Gasteiger partial charge >= 0.3 is 0 Å². The van der Waals surface area contributed by atoms with Gasteiger partial charge in [0.25, 0.3) is 10.0 Å². The Hall–Kier alpha value is -1.56. The molecule has 0 unspecified atom stereocenters. The second-order valence-corrected chi connectivity index (χ2v) is 4.52. The number of nitrogens with one attached hydrogen (secondary N) is 1. The zero-order valence-electron chi connectivity index (χ0n) is 8.35. The highest BCUT2D eigenvalue weighted by Crippen LogP contribution is 2.14. The minimum atomic E-state index is -3.74. The van der Waals surface area contributed by atoms with E-state index in [-0.39, 0.29) is 4.90 Å². The number of amides is 1. The summed E-state index contributed by atoms with van der Waals surface area (Å²) in [4.78, 5) is 10.7. The van der Waals surface area contributed by atoms with Crippen LogP contribution in [0.4, 0.5) is 0 Å². The summed E-state index contributed by atoms with van der Waals surface area (Å²) in [6, 6.07) is 5.75. The van der Waals surface area contributed by atoms with E-state index in [4.69, 9.17) is 4.74 Å². The van der Waals surface area contributed by atoms with Gasteiger partial charge in [0.05, 0.1) is 12.0 Å². The summed E-state index contributed by atoms with van der Waals surface area (Å²) in [5.41, 5.74) is 0. The third kappa shape index (κ3) is 2.95. The smallest absolute Gasteiger partial charge is 0.264 e. The summed E-state index contributed by atoms with van der Waals surface area (Å²) >= 11 is 0. The Kier molecular flexibility index (Phi) is 3.31. The number of methoxy groups -OCH3 is 1. The molecule has 0 spiro atoms. The van der Waals surface area contributed by atoms with Crippen molar-refractivity contribution in [3.8, 4) is 5.75 Å². The molecule has 1 rings (SSSR count). The van der Waals surface area contributed by atoms with E-state index in [1.54, 1.807) is 0 Å². The summed E-state index contributed by atoms with van der Waals surface area (Å²) in [6.45, 7) is 1.14. The van der Waals surface area contributed by atoms with Gasteiger partial charge in [0.15, 0.2) is 0 Å². The van der Waals surface area contributed by atoms with Gasteiger partial charge in [0.2, 0.25) is 5.91 Å². The van der Waals surface area contributed by atoms with Crippen LogP contribution in [0.25, 0.3) is 0 Å². The summed E-state index contributed by atoms with van der Waals surface area (Å²) in [5.74, 6) is -0.0670. The average Bonchev–Trinajstić information content (AvgIpc) is 2.16. The molecule has 82 valence electrons. The molecule has 0 atom stereocenters. The molecular formula is C9H11NO4S. The predicted octanol–water partition coefficient (Wildman–Crippen LogP) is 0.520. The third-order valence-corrected chi connectivity index (χ3v) is 3.10. The molecule has 6 heteroatoms. The Morgan fingerprint density at radius 1 is 1.27 bits per heavy atom. The number of carbonyl (C=O) groups excluding carboxylic acids is 1. The molecule has 1 N–H and O–H groups in total. The van der Waals surface area contributed by atoms with Crippen LogP contribution in [0, 0.1) is 0 Å². The van der Waals surface area contributed by atoms with E-state index < -0.39 is 15.9 Å². The molecule has 0 aliphatic carbocycles. The van der Waals surface area contributed by atoms with Crippen molar-refractivity contribution in [2.45, 2.75) is 11.8 Å². The molecule has 0 aliphatic rings. The first-order valence-corrected chi connectivity index (χ1v) is 5.61. The number of ether oxygens (including phenoxy) is 1. The maximum atomic E-state index is 11.5. The van der Waals surface area contributed by atoms with E-state index in [2.05, 4.69) is 0 Å². The van der Waals surface area contributed by atoms with Crippen LogP contribution in [0.5, 0.6) is 5.75 Å². The molecule has 0 radical (unpaired) electrons. The number of carbonyl (C=O) groups is 1. The molecule has 1 aromatic carbocycles. The second kappa shape index (κ2) is 4.31. The van der Waals surface area contributed by atoms with E-state index in [0.29, 0.717) is 5.75 Å². The fourth-order valence-electron chi connectivity index (χ4n) is 1.00. The van der Waals surface area contributed by atoms with E-state index in [1.165, 1.54) is 31.4 Å². The molecule has 0 saturated heterocycles. The van der Waals surface area contributed by atoms with Crippen molar-refractivity contribution in [1.82, 2.24) is 4.72 Å². The van der Waals surface area contributed by atoms with Crippen LogP contribution in [0.1, 0.15) is 6.92 Å². The molecule has 0 heterocycles. The van der Waals surface area contributed by atoms with E-state index in [9.17, 15) is 13.2 Å². The van der Waals surface area contributed by atoms with Crippen LogP contribution in [-0.4, -0.2) is 21.4 Å². The van der Waals surface area contributed by atoms with Crippen molar-refractivity contribution in [3.63, 3.8) is 0 Å². The van der Waals surface area contributed by atoms with E-state index >= 15 is 0 Å². The van der Waals surface area contributed by atoms with Gasteiger partial charge in [-0.2, -0.15) is 0 Å². The molecule has 0 bridgehead atoms. The maximum absolute atomic E-state index is 11.5. The average molecular weight is 229 g/mol. The second-order valence-electron chi connectivity index (χ2n) is 2.84. The van der Waals surface area contributed by atoms with Crippen molar-refractivity contribution in [2.24, 2.45) is 0 Å². The van der Waals surface area contributed by atoms with Gasteiger partial charge in [-0.1, -0.05) is 0 Å². The lowest BCUT2D eigenvalue weighted by Gasteiger charge is -2.05. The lowest BCUT2D eigenvalue weighted by atomic mass is 10.3. The number of hydrogen-bond donors (Lipinski definition) is 1. The van der Waals surface area contributed by atoms with Gasteiger partial charge < -0.3 is 4.74 Å². The quantitative estimate of drug-likeness (QED) is 0.820. The Labute approximate surface area is 88.1 Å². The van der Waals surface area contributed by atoms with Gasteiger partial charge in [-0.25, -0.2) is 13.1 Å². The Balaban J connectivity index is 3.01. The molecule has 0 aliphatic heterocycles. The first-order chi connectivity index (χ1) is 6.95. The fraction of sp³-hybridized carbons (Fsp3) is 0.222. The fourth-order valence-corrected chi connectivity index (χ4v) is 1.99. The normalized spacial score (nSPS) is 10.8. The van der Waals surface area contributed by atoms with Gasteiger partial charge in [-0.3, -0.25) is 4.79 Å². The zero-order valence-corrected chi connectivity index (χ0v) is 9.17. The topological polar surface area (TPSA) is 72.5 Å². The largest absolute Gasteiger partial charge is 0.497 e. The molecule has 0 saturated carbocycles. The minimum absolute atomic E-state index is 0.0264. The van der Waals surface area contributed by atoms with Crippen molar-refractivity contribution in [3.05, 3.63) is 24.3 Å². The highest BCUT2D eigenvalue weighted by molar-refractivity contribution is 7.90. The van der Waals surface area contributed by atoms with Crippen molar-refractivity contribution < 1.29 is 17.9 Å². The first-order valence-electron chi connectivity index (χ1n) is 4.13. The van der Waals surface area contributed by atoms with Crippen molar-refractivity contribution >= 4 is 15.9 Å². The van der Waals surface area contributed by atoms with Gasteiger partial charge in [0.1, 0.15) is 5.75 Å². The summed E-state index contributed by atoms with van der Waals surface area (Å²) in [6.07, 6.45) is 0. The first kappa shape index (κ1) is 11.5. The van der Waals surface area contributed by atoms with Crippen LogP contribution < -0.4 is 9.46 Å². The van der Waals surface area contributed by atoms with Gasteiger partial charge in [0, 0.05) is 6.92 Å². The summed E-state index contributed by atoms with van der Waals surface area (Å²) < 4.78 is 29.7. The summed E-state index contributed by atoms with van der Waals surface area (Å²) in [7, 11) is -2.26. The Bertz CT molecular complexity index is 450.